The predicted molar refractivity (Wildman–Crippen MR) is 112 cm³/mol. The number of hydrogen-bond acceptors (Lipinski definition) is 4. The monoisotopic (exact) mass is 406 g/mol. The van der Waals surface area contributed by atoms with Crippen LogP contribution in [0.5, 0.6) is 0 Å². The Morgan fingerprint density at radius 2 is 1.69 bits per heavy atom. The zero-order valence-corrected chi connectivity index (χ0v) is 16.4. The van der Waals surface area contributed by atoms with Gasteiger partial charge in [-0.3, -0.25) is 4.79 Å². The summed E-state index contributed by atoms with van der Waals surface area (Å²) in [6.45, 7) is 0.367. The number of aromatic nitrogens is 1. The first-order chi connectivity index (χ1) is 14.2. The predicted octanol–water partition coefficient (Wildman–Crippen LogP) is 5.23. The average Bonchev–Trinajstić information content (AvgIpc) is 3.17. The normalized spacial score (nSPS) is 10.9. The number of thioether (sulfide) groups is 1. The molecule has 1 aromatic heterocycles. The van der Waals surface area contributed by atoms with Crippen molar-refractivity contribution in [1.29, 1.82) is 0 Å². The summed E-state index contributed by atoms with van der Waals surface area (Å²) in [5.41, 5.74) is 3.64. The number of benzene rings is 3. The molecule has 0 radical (unpaired) electrons. The van der Waals surface area contributed by atoms with E-state index in [1.54, 1.807) is 24.3 Å². The number of carbonyl (C=O) groups is 1. The molecule has 1 heterocycles. The van der Waals surface area contributed by atoms with Crippen molar-refractivity contribution < 1.29 is 13.6 Å². The van der Waals surface area contributed by atoms with Gasteiger partial charge in [-0.2, -0.15) is 0 Å². The number of amides is 1. The van der Waals surface area contributed by atoms with Crippen LogP contribution in [0.15, 0.2) is 82.4 Å². The Morgan fingerprint density at radius 3 is 2.52 bits per heavy atom. The Morgan fingerprint density at radius 1 is 0.966 bits per heavy atom. The zero-order chi connectivity index (χ0) is 20.1. The largest absolute Gasteiger partial charge is 0.431 e. The third kappa shape index (κ3) is 4.66. The number of nitrogens with zero attached hydrogens (tertiary/aromatic N) is 1. The fraction of sp³-hybridized carbons (Fsp3) is 0.130. The Kier molecular flexibility index (Phi) is 5.91. The summed E-state index contributed by atoms with van der Waals surface area (Å²) in [4.78, 5) is 17.1. The minimum Gasteiger partial charge on any atom is -0.431 e. The molecule has 146 valence electrons. The molecule has 0 aliphatic heterocycles. The van der Waals surface area contributed by atoms with Crippen molar-refractivity contribution in [2.75, 3.05) is 6.54 Å². The first kappa shape index (κ1) is 19.2. The maximum absolute atomic E-state index is 13.7. The van der Waals surface area contributed by atoms with Crippen LogP contribution in [-0.2, 0) is 12.2 Å². The second-order valence-corrected chi connectivity index (χ2v) is 7.42. The Balaban J connectivity index is 1.39. The topological polar surface area (TPSA) is 55.1 Å². The fourth-order valence-corrected chi connectivity index (χ4v) is 3.87. The quantitative estimate of drug-likeness (QED) is 0.427. The highest BCUT2D eigenvalue weighted by molar-refractivity contribution is 7.98. The fourth-order valence-electron chi connectivity index (χ4n) is 3.03. The second-order valence-electron chi connectivity index (χ2n) is 6.49. The highest BCUT2D eigenvalue weighted by Gasteiger charge is 2.13. The van der Waals surface area contributed by atoms with Crippen molar-refractivity contribution in [3.05, 3.63) is 95.3 Å². The van der Waals surface area contributed by atoms with Crippen LogP contribution in [0.25, 0.3) is 11.1 Å². The van der Waals surface area contributed by atoms with E-state index in [9.17, 15) is 9.18 Å². The van der Waals surface area contributed by atoms with Crippen molar-refractivity contribution in [2.24, 2.45) is 0 Å². The maximum Gasteiger partial charge on any atom is 0.257 e. The smallest absolute Gasteiger partial charge is 0.257 e. The van der Waals surface area contributed by atoms with E-state index in [0.29, 0.717) is 35.1 Å². The molecule has 0 atom stereocenters. The van der Waals surface area contributed by atoms with E-state index in [-0.39, 0.29) is 11.7 Å². The molecule has 29 heavy (non-hydrogen) atoms. The summed E-state index contributed by atoms with van der Waals surface area (Å²) in [5.74, 6) is 0.135. The lowest BCUT2D eigenvalue weighted by Crippen LogP contribution is -2.26. The second kappa shape index (κ2) is 8.92. The number of rotatable bonds is 7. The molecular formula is C23H19FN2O2S. The lowest BCUT2D eigenvalue weighted by atomic mass is 10.1. The molecule has 0 aliphatic carbocycles. The third-order valence-corrected chi connectivity index (χ3v) is 5.40. The lowest BCUT2D eigenvalue weighted by molar-refractivity contribution is 0.0953. The highest BCUT2D eigenvalue weighted by Crippen LogP contribution is 2.27. The van der Waals surface area contributed by atoms with Crippen LogP contribution >= 0.6 is 11.8 Å². The number of para-hydroxylation sites is 2. The Hall–Kier alpha value is -3.12. The van der Waals surface area contributed by atoms with Crippen LogP contribution in [0.1, 0.15) is 21.5 Å². The number of nitrogens with one attached hydrogen (secondary N) is 1. The van der Waals surface area contributed by atoms with E-state index < -0.39 is 0 Å². The van der Waals surface area contributed by atoms with Crippen molar-refractivity contribution in [2.45, 2.75) is 17.4 Å². The molecule has 0 spiro atoms. The van der Waals surface area contributed by atoms with E-state index in [0.717, 1.165) is 16.7 Å². The van der Waals surface area contributed by atoms with Gasteiger partial charge in [0.25, 0.3) is 11.1 Å². The summed E-state index contributed by atoms with van der Waals surface area (Å²) in [6.07, 6.45) is 0.443. The van der Waals surface area contributed by atoms with Gasteiger partial charge in [-0.05, 0) is 41.8 Å². The van der Waals surface area contributed by atoms with Gasteiger partial charge in [0.05, 0.1) is 0 Å². The molecule has 4 aromatic rings. The lowest BCUT2D eigenvalue weighted by Gasteiger charge is -2.10. The van der Waals surface area contributed by atoms with Crippen LogP contribution in [-0.4, -0.2) is 17.4 Å². The summed E-state index contributed by atoms with van der Waals surface area (Å²) in [6, 6.07) is 21.6. The van der Waals surface area contributed by atoms with Gasteiger partial charge in [0.1, 0.15) is 11.3 Å². The molecule has 0 bridgehead atoms. The van der Waals surface area contributed by atoms with Crippen molar-refractivity contribution in [1.82, 2.24) is 10.3 Å². The van der Waals surface area contributed by atoms with Gasteiger partial charge in [0, 0.05) is 17.9 Å². The maximum atomic E-state index is 13.7. The molecule has 4 nitrogen and oxygen atoms in total. The van der Waals surface area contributed by atoms with E-state index in [2.05, 4.69) is 10.3 Å². The van der Waals surface area contributed by atoms with Crippen molar-refractivity contribution in [3.63, 3.8) is 0 Å². The highest BCUT2D eigenvalue weighted by atomic mass is 32.2. The van der Waals surface area contributed by atoms with Gasteiger partial charge < -0.3 is 9.73 Å². The SMILES string of the molecule is O=C(NCCc1ccccc1F)c1ccccc1CSc1nc2ccccc2o1. The first-order valence-electron chi connectivity index (χ1n) is 9.28. The average molecular weight is 406 g/mol. The molecule has 4 rings (SSSR count). The Bertz CT molecular complexity index is 1110. The molecule has 0 saturated carbocycles. The molecule has 0 unspecified atom stereocenters. The first-order valence-corrected chi connectivity index (χ1v) is 10.3. The van der Waals surface area contributed by atoms with Crippen LogP contribution in [0.3, 0.4) is 0 Å². The van der Waals surface area contributed by atoms with Crippen LogP contribution in [0.2, 0.25) is 0 Å². The van der Waals surface area contributed by atoms with Crippen LogP contribution in [0, 0.1) is 5.82 Å². The standard InChI is InChI=1S/C23H19FN2O2S/c24-19-10-4-2-7-16(19)13-14-25-22(27)18-9-3-1-8-17(18)15-29-23-26-20-11-5-6-12-21(20)28-23/h1-12H,13-15H2,(H,25,27). The molecule has 0 aliphatic rings. The zero-order valence-electron chi connectivity index (χ0n) is 15.6. The molecular weight excluding hydrogens is 387 g/mol. The molecule has 3 aromatic carbocycles. The minimum absolute atomic E-state index is 0.171. The summed E-state index contributed by atoms with van der Waals surface area (Å²) in [5, 5.41) is 3.45. The molecule has 1 N–H and O–H groups in total. The summed E-state index contributed by atoms with van der Waals surface area (Å²) < 4.78 is 19.4. The molecule has 1 amide bonds. The van der Waals surface area contributed by atoms with Gasteiger partial charge in [0.2, 0.25) is 0 Å². The van der Waals surface area contributed by atoms with E-state index >= 15 is 0 Å². The molecule has 0 fully saturated rings. The molecule has 6 heteroatoms. The number of fused-ring (bicyclic) bond motifs is 1. The van der Waals surface area contributed by atoms with E-state index in [1.165, 1.54) is 17.8 Å². The molecule has 0 saturated heterocycles. The third-order valence-electron chi connectivity index (χ3n) is 4.53. The van der Waals surface area contributed by atoms with Gasteiger partial charge in [-0.1, -0.05) is 60.3 Å². The van der Waals surface area contributed by atoms with E-state index in [4.69, 9.17) is 4.42 Å². The number of hydrogen-bond donors (Lipinski definition) is 1. The number of oxazole rings is 1. The van der Waals surface area contributed by atoms with Gasteiger partial charge in [-0.25, -0.2) is 9.37 Å². The van der Waals surface area contributed by atoms with Crippen LogP contribution in [0.4, 0.5) is 4.39 Å². The van der Waals surface area contributed by atoms with Crippen molar-refractivity contribution in [3.8, 4) is 0 Å². The Labute approximate surface area is 172 Å². The summed E-state index contributed by atoms with van der Waals surface area (Å²) in [7, 11) is 0. The van der Waals surface area contributed by atoms with Gasteiger partial charge >= 0.3 is 0 Å². The summed E-state index contributed by atoms with van der Waals surface area (Å²) >= 11 is 1.45. The number of halogens is 1. The minimum atomic E-state index is -0.253. The van der Waals surface area contributed by atoms with Gasteiger partial charge in [0.15, 0.2) is 5.58 Å². The van der Waals surface area contributed by atoms with E-state index in [1.807, 2.05) is 42.5 Å². The van der Waals surface area contributed by atoms with Crippen molar-refractivity contribution >= 4 is 28.8 Å². The van der Waals surface area contributed by atoms with Gasteiger partial charge in [-0.15, -0.1) is 0 Å². The van der Waals surface area contributed by atoms with Crippen LogP contribution < -0.4 is 5.32 Å². The number of carbonyl (C=O) groups excluding carboxylic acids is 1.